The van der Waals surface area contributed by atoms with E-state index in [9.17, 15) is 0 Å². The second kappa shape index (κ2) is 28.2. The van der Waals surface area contributed by atoms with Crippen LogP contribution < -0.4 is 0 Å². The fourth-order valence-corrected chi connectivity index (χ4v) is 19.0. The Morgan fingerprint density at radius 2 is 0.356 bits per heavy atom. The van der Waals surface area contributed by atoms with Crippen molar-refractivity contribution in [1.82, 2.24) is 19.1 Å². The minimum atomic E-state index is 0.990. The first-order chi connectivity index (χ1) is 58.6. The Morgan fingerprint density at radius 1 is 0.136 bits per heavy atom. The van der Waals surface area contributed by atoms with Crippen LogP contribution in [0.2, 0.25) is 0 Å². The van der Waals surface area contributed by atoms with E-state index >= 15 is 0 Å². The lowest BCUT2D eigenvalue weighted by Crippen LogP contribution is -1.96. The van der Waals surface area contributed by atoms with E-state index in [0.29, 0.717) is 0 Å². The molecule has 4 heteroatoms. The highest BCUT2D eigenvalue weighted by atomic mass is 15.0. The van der Waals surface area contributed by atoms with Crippen LogP contribution in [0.5, 0.6) is 0 Å². The first-order valence-corrected chi connectivity index (χ1v) is 40.6. The number of hydrogen-bond donors (Lipinski definition) is 0. The average molecular weight is 1500 g/mol. The van der Waals surface area contributed by atoms with Crippen LogP contribution in [0.1, 0.15) is 0 Å². The standard InChI is InChI=1S/C63H39N3.C51H33N/c1-4-23-54-45(15-1)46-16-5-10-24-56(46)64-63(54)42-33-38-53-55(39-42)62(41-31-36-44(37-32-41)66-59-27-13-8-19-49(59)50-20-9-14-28-60(50)66)52-22-3-2-21-51(52)61(53)40-29-34-43(35-30-40)65-57-25-11-6-17-47(57)48-18-7-12-26-58(48)65;1-3-13-34(14-4-1)36-23-27-38(28-24-36)49-43-19-8-9-20-44(43)50(39-29-25-37(26-30-39)35-15-5-2-6-16-35)47-33-40(31-32-45(47)49)51-46-21-10-7-17-41(46)42-18-11-12-22-48(42)52-51/h1-39H;1-33H. The van der Waals surface area contributed by atoms with E-state index in [1.807, 2.05) is 0 Å². The van der Waals surface area contributed by atoms with Crippen molar-refractivity contribution < 1.29 is 0 Å². The molecule has 0 saturated carbocycles. The lowest BCUT2D eigenvalue weighted by Gasteiger charge is -2.20. The largest absolute Gasteiger partial charge is 0.309 e. The second-order valence-electron chi connectivity index (χ2n) is 30.9. The topological polar surface area (TPSA) is 35.6 Å². The Morgan fingerprint density at radius 3 is 0.686 bits per heavy atom. The van der Waals surface area contributed by atoms with Crippen molar-refractivity contribution in [3.8, 4) is 101 Å². The van der Waals surface area contributed by atoms with Gasteiger partial charge in [-0.15, -0.1) is 0 Å². The van der Waals surface area contributed by atoms with Gasteiger partial charge in [-0.2, -0.15) is 0 Å². The molecule has 0 aliphatic carbocycles. The van der Waals surface area contributed by atoms with Crippen molar-refractivity contribution in [3.63, 3.8) is 0 Å². The molecule has 0 unspecified atom stereocenters. The van der Waals surface area contributed by atoms with E-state index in [0.717, 1.165) is 55.7 Å². The van der Waals surface area contributed by atoms with Crippen molar-refractivity contribution in [2.45, 2.75) is 0 Å². The van der Waals surface area contributed by atoms with Gasteiger partial charge in [-0.3, -0.25) is 0 Å². The van der Waals surface area contributed by atoms with Crippen LogP contribution in [0.15, 0.2) is 437 Å². The molecular weight excluding hydrogens is 1430 g/mol. The molecule has 0 radical (unpaired) electrons. The minimum absolute atomic E-state index is 0.990. The van der Waals surface area contributed by atoms with Crippen LogP contribution in [-0.4, -0.2) is 19.1 Å². The van der Waals surface area contributed by atoms with Gasteiger partial charge in [-0.1, -0.05) is 364 Å². The lowest BCUT2D eigenvalue weighted by atomic mass is 9.84. The summed E-state index contributed by atoms with van der Waals surface area (Å²) in [4.78, 5) is 10.7. The maximum atomic E-state index is 5.39. The molecule has 0 aliphatic heterocycles. The Labute approximate surface area is 682 Å². The molecule has 24 aromatic rings. The Balaban J connectivity index is 0.000000143. The molecule has 24 rings (SSSR count). The Kier molecular flexibility index (Phi) is 16.2. The van der Waals surface area contributed by atoms with Crippen molar-refractivity contribution in [2.24, 2.45) is 0 Å². The Hall–Kier alpha value is -15.6. The molecule has 0 bridgehead atoms. The van der Waals surface area contributed by atoms with Crippen molar-refractivity contribution >= 4 is 130 Å². The number of fused-ring (bicyclic) bond motifs is 16. The molecule has 4 heterocycles. The van der Waals surface area contributed by atoms with E-state index in [-0.39, 0.29) is 0 Å². The highest BCUT2D eigenvalue weighted by molar-refractivity contribution is 6.25. The maximum Gasteiger partial charge on any atom is 0.0788 e. The first-order valence-electron chi connectivity index (χ1n) is 40.6. The molecule has 548 valence electrons. The average Bonchev–Trinajstić information content (AvgIpc) is 0.956. The fraction of sp³-hybridized carbons (Fsp3) is 0. The zero-order valence-electron chi connectivity index (χ0n) is 64.4. The molecule has 4 nitrogen and oxygen atoms in total. The van der Waals surface area contributed by atoms with Gasteiger partial charge in [-0.05, 0) is 193 Å². The molecule has 20 aromatic carbocycles. The predicted molar refractivity (Wildman–Crippen MR) is 501 cm³/mol. The van der Waals surface area contributed by atoms with Crippen molar-refractivity contribution in [2.75, 3.05) is 0 Å². The molecule has 4 aromatic heterocycles. The summed E-state index contributed by atoms with van der Waals surface area (Å²) in [6.07, 6.45) is 0. The molecule has 0 aliphatic rings. The number of nitrogens with zero attached hydrogens (tertiary/aromatic N) is 4. The van der Waals surface area contributed by atoms with E-state index in [4.69, 9.17) is 9.97 Å². The molecule has 0 atom stereocenters. The highest BCUT2D eigenvalue weighted by Crippen LogP contribution is 2.50. The summed E-state index contributed by atoms with van der Waals surface area (Å²) in [7, 11) is 0. The smallest absolute Gasteiger partial charge is 0.0788 e. The summed E-state index contributed by atoms with van der Waals surface area (Å²) in [6.45, 7) is 0. The molecular formula is C114H72N4. The molecule has 0 fully saturated rings. The third-order valence-electron chi connectivity index (χ3n) is 24.4. The second-order valence-corrected chi connectivity index (χ2v) is 30.9. The van der Waals surface area contributed by atoms with Crippen LogP contribution >= 0.6 is 0 Å². The summed E-state index contributed by atoms with van der Waals surface area (Å²) < 4.78 is 4.79. The van der Waals surface area contributed by atoms with Gasteiger partial charge in [-0.25, -0.2) is 9.97 Å². The lowest BCUT2D eigenvalue weighted by molar-refractivity contribution is 1.18. The fourth-order valence-electron chi connectivity index (χ4n) is 19.0. The summed E-state index contributed by atoms with van der Waals surface area (Å²) in [5.74, 6) is 0. The monoisotopic (exact) mass is 1500 g/mol. The summed E-state index contributed by atoms with van der Waals surface area (Å²) in [6, 6.07) is 159. The van der Waals surface area contributed by atoms with Gasteiger partial charge in [0.1, 0.15) is 0 Å². The van der Waals surface area contributed by atoms with Gasteiger partial charge in [0.15, 0.2) is 0 Å². The number of benzene rings is 20. The number of pyridine rings is 2. The third-order valence-corrected chi connectivity index (χ3v) is 24.4. The Bertz CT molecular complexity index is 8020. The minimum Gasteiger partial charge on any atom is -0.309 e. The molecule has 118 heavy (non-hydrogen) atoms. The van der Waals surface area contributed by atoms with Gasteiger partial charge >= 0.3 is 0 Å². The van der Waals surface area contributed by atoms with Crippen molar-refractivity contribution in [1.29, 1.82) is 0 Å². The first kappa shape index (κ1) is 68.0. The molecule has 0 amide bonds. The number of rotatable bonds is 10. The number of hydrogen-bond acceptors (Lipinski definition) is 2. The number of para-hydroxylation sites is 6. The third kappa shape index (κ3) is 11.3. The van der Waals surface area contributed by atoms with E-state index in [1.165, 1.54) is 175 Å². The summed E-state index contributed by atoms with van der Waals surface area (Å²) in [5, 5.41) is 21.9. The van der Waals surface area contributed by atoms with Gasteiger partial charge in [0.25, 0.3) is 0 Å². The predicted octanol–water partition coefficient (Wildman–Crippen LogP) is 30.9. The van der Waals surface area contributed by atoms with Crippen LogP contribution in [0.4, 0.5) is 0 Å². The SMILES string of the molecule is c1ccc(-c2ccc(-c3c4ccccc4c(-c4ccc(-c5ccccc5)cc4)c4cc(-c5nc6ccccc6c6ccccc56)ccc34)cc2)cc1.c1ccc2c(c1)nc(-c1ccc3c(-c4ccc(-n5c6ccccc6c6ccccc65)cc4)c4ccccc4c(-c4ccc(-n5c6ccccc6c6ccccc65)cc4)c3c1)c1ccccc12. The zero-order valence-corrected chi connectivity index (χ0v) is 64.4. The van der Waals surface area contributed by atoms with Gasteiger partial charge in [0, 0.05) is 65.6 Å². The van der Waals surface area contributed by atoms with Crippen molar-refractivity contribution in [3.05, 3.63) is 437 Å². The molecule has 0 N–H and O–H groups in total. The van der Waals surface area contributed by atoms with Gasteiger partial charge in [0.2, 0.25) is 0 Å². The quantitative estimate of drug-likeness (QED) is 0.101. The molecule has 0 saturated heterocycles. The zero-order chi connectivity index (χ0) is 77.7. The van der Waals surface area contributed by atoms with E-state index in [2.05, 4.69) is 446 Å². The van der Waals surface area contributed by atoms with Gasteiger partial charge in [0.05, 0.1) is 44.5 Å². The normalized spacial score (nSPS) is 11.7. The summed E-state index contributed by atoms with van der Waals surface area (Å²) in [5.41, 5.74) is 27.8. The van der Waals surface area contributed by atoms with Crippen LogP contribution in [-0.2, 0) is 0 Å². The molecule has 0 spiro atoms. The highest BCUT2D eigenvalue weighted by Gasteiger charge is 2.24. The van der Waals surface area contributed by atoms with Gasteiger partial charge < -0.3 is 9.13 Å². The van der Waals surface area contributed by atoms with E-state index in [1.54, 1.807) is 0 Å². The van der Waals surface area contributed by atoms with Crippen LogP contribution in [0, 0.1) is 0 Å². The number of aromatic nitrogens is 4. The van der Waals surface area contributed by atoms with Crippen LogP contribution in [0.25, 0.3) is 231 Å². The maximum absolute atomic E-state index is 5.39. The summed E-state index contributed by atoms with van der Waals surface area (Å²) >= 11 is 0. The van der Waals surface area contributed by atoms with E-state index < -0.39 is 0 Å². The van der Waals surface area contributed by atoms with Crippen LogP contribution in [0.3, 0.4) is 0 Å².